The summed E-state index contributed by atoms with van der Waals surface area (Å²) >= 11 is 1.60. The van der Waals surface area contributed by atoms with E-state index in [2.05, 4.69) is 47.5 Å². The Hall–Kier alpha value is -2.31. The van der Waals surface area contributed by atoms with E-state index >= 15 is 0 Å². The van der Waals surface area contributed by atoms with Crippen molar-refractivity contribution in [3.63, 3.8) is 0 Å². The Morgan fingerprint density at radius 3 is 2.74 bits per heavy atom. The van der Waals surface area contributed by atoms with Crippen molar-refractivity contribution in [3.05, 3.63) is 81.8 Å². The van der Waals surface area contributed by atoms with Crippen LogP contribution in [-0.2, 0) is 11.3 Å². The zero-order chi connectivity index (χ0) is 18.6. The summed E-state index contributed by atoms with van der Waals surface area (Å²) in [6, 6.07) is 18.7. The SMILES string of the molecule is Cc1ccccc1C(Sc1n[nH]c(=O)n1CC1CCCO1)c1ccccc1. The van der Waals surface area contributed by atoms with Gasteiger partial charge in [0.25, 0.3) is 0 Å². The second kappa shape index (κ2) is 8.15. The molecule has 1 fully saturated rings. The van der Waals surface area contributed by atoms with E-state index in [4.69, 9.17) is 4.74 Å². The predicted molar refractivity (Wildman–Crippen MR) is 107 cm³/mol. The molecule has 0 amide bonds. The van der Waals surface area contributed by atoms with E-state index in [1.54, 1.807) is 16.3 Å². The van der Waals surface area contributed by atoms with Crippen LogP contribution >= 0.6 is 11.8 Å². The Bertz CT molecular complexity index is 945. The molecular weight excluding hydrogens is 358 g/mol. The van der Waals surface area contributed by atoms with Gasteiger partial charge in [-0.25, -0.2) is 9.89 Å². The number of nitrogens with one attached hydrogen (secondary N) is 1. The minimum atomic E-state index is -0.176. The summed E-state index contributed by atoms with van der Waals surface area (Å²) in [4.78, 5) is 12.3. The highest BCUT2D eigenvalue weighted by Gasteiger charge is 2.24. The van der Waals surface area contributed by atoms with Gasteiger partial charge in [0.15, 0.2) is 5.16 Å². The van der Waals surface area contributed by atoms with Crippen LogP contribution in [0.4, 0.5) is 0 Å². The Balaban J connectivity index is 1.69. The number of H-pyrrole nitrogens is 1. The Labute approximate surface area is 162 Å². The number of hydrogen-bond acceptors (Lipinski definition) is 4. The Morgan fingerprint density at radius 1 is 1.22 bits per heavy atom. The highest BCUT2D eigenvalue weighted by Crippen LogP contribution is 2.40. The lowest BCUT2D eigenvalue weighted by molar-refractivity contribution is 0.0941. The summed E-state index contributed by atoms with van der Waals surface area (Å²) in [7, 11) is 0. The molecule has 0 saturated carbocycles. The van der Waals surface area contributed by atoms with Crippen molar-refractivity contribution >= 4 is 11.8 Å². The number of rotatable bonds is 6. The third-order valence-corrected chi connectivity index (χ3v) is 6.21. The van der Waals surface area contributed by atoms with Gasteiger partial charge in [-0.05, 0) is 36.5 Å². The number of hydrogen-bond donors (Lipinski definition) is 1. The maximum absolute atomic E-state index is 12.3. The molecule has 4 rings (SSSR count). The fraction of sp³-hybridized carbons (Fsp3) is 0.333. The molecule has 140 valence electrons. The average molecular weight is 382 g/mol. The smallest absolute Gasteiger partial charge is 0.344 e. The van der Waals surface area contributed by atoms with Crippen molar-refractivity contribution in [2.45, 2.75) is 42.8 Å². The van der Waals surface area contributed by atoms with Gasteiger partial charge in [0.05, 0.1) is 17.9 Å². The minimum Gasteiger partial charge on any atom is -0.376 e. The molecule has 27 heavy (non-hydrogen) atoms. The van der Waals surface area contributed by atoms with E-state index in [0.29, 0.717) is 11.7 Å². The van der Waals surface area contributed by atoms with Gasteiger partial charge in [-0.15, -0.1) is 5.10 Å². The van der Waals surface area contributed by atoms with Crippen LogP contribution in [0.3, 0.4) is 0 Å². The lowest BCUT2D eigenvalue weighted by Crippen LogP contribution is -2.25. The Morgan fingerprint density at radius 2 is 2.00 bits per heavy atom. The zero-order valence-corrected chi connectivity index (χ0v) is 16.1. The van der Waals surface area contributed by atoms with E-state index in [9.17, 15) is 4.79 Å². The molecule has 2 unspecified atom stereocenters. The van der Waals surface area contributed by atoms with Gasteiger partial charge in [-0.1, -0.05) is 66.4 Å². The summed E-state index contributed by atoms with van der Waals surface area (Å²) in [5, 5.41) is 7.69. The molecule has 2 atom stereocenters. The van der Waals surface area contributed by atoms with Crippen molar-refractivity contribution in [1.82, 2.24) is 14.8 Å². The maximum Gasteiger partial charge on any atom is 0.344 e. The summed E-state index contributed by atoms with van der Waals surface area (Å²) in [5.74, 6) is 0. The van der Waals surface area contributed by atoms with Crippen LogP contribution in [0.1, 0.15) is 34.8 Å². The van der Waals surface area contributed by atoms with E-state index in [1.165, 1.54) is 16.7 Å². The number of nitrogens with zero attached hydrogens (tertiary/aromatic N) is 2. The van der Waals surface area contributed by atoms with Gasteiger partial charge in [0, 0.05) is 6.61 Å². The lowest BCUT2D eigenvalue weighted by Gasteiger charge is -2.20. The number of ether oxygens (including phenoxy) is 1. The molecule has 0 radical (unpaired) electrons. The fourth-order valence-corrected chi connectivity index (χ4v) is 4.75. The van der Waals surface area contributed by atoms with Crippen LogP contribution in [0, 0.1) is 6.92 Å². The molecule has 1 N–H and O–H groups in total. The molecule has 1 aliphatic heterocycles. The van der Waals surface area contributed by atoms with E-state index < -0.39 is 0 Å². The molecule has 2 heterocycles. The molecule has 0 aliphatic carbocycles. The summed E-state index contributed by atoms with van der Waals surface area (Å²) in [6.45, 7) is 3.44. The van der Waals surface area contributed by atoms with Gasteiger partial charge in [0.1, 0.15) is 0 Å². The minimum absolute atomic E-state index is 0.0610. The summed E-state index contributed by atoms with van der Waals surface area (Å²) in [5.41, 5.74) is 3.47. The molecule has 1 aliphatic rings. The van der Waals surface area contributed by atoms with Crippen molar-refractivity contribution in [1.29, 1.82) is 0 Å². The van der Waals surface area contributed by atoms with Crippen LogP contribution in [-0.4, -0.2) is 27.5 Å². The fourth-order valence-electron chi connectivity index (χ4n) is 3.47. The average Bonchev–Trinajstić information content (AvgIpc) is 3.33. The second-order valence-corrected chi connectivity index (χ2v) is 7.89. The molecule has 2 aromatic carbocycles. The molecule has 6 heteroatoms. The molecular formula is C21H23N3O2S. The van der Waals surface area contributed by atoms with Crippen molar-refractivity contribution in [3.8, 4) is 0 Å². The zero-order valence-electron chi connectivity index (χ0n) is 15.3. The molecule has 1 saturated heterocycles. The first kappa shape index (κ1) is 18.1. The molecule has 0 spiro atoms. The van der Waals surface area contributed by atoms with Gasteiger partial charge in [-0.3, -0.25) is 4.57 Å². The predicted octanol–water partition coefficient (Wildman–Crippen LogP) is 3.94. The number of aromatic nitrogens is 3. The van der Waals surface area contributed by atoms with Crippen LogP contribution in [0.25, 0.3) is 0 Å². The number of benzene rings is 2. The molecule has 3 aromatic rings. The van der Waals surface area contributed by atoms with Gasteiger partial charge >= 0.3 is 5.69 Å². The molecule has 5 nitrogen and oxygen atoms in total. The third kappa shape index (κ3) is 4.01. The van der Waals surface area contributed by atoms with Crippen LogP contribution in [0.2, 0.25) is 0 Å². The lowest BCUT2D eigenvalue weighted by atomic mass is 10.0. The van der Waals surface area contributed by atoms with Crippen LogP contribution in [0.5, 0.6) is 0 Å². The molecule has 0 bridgehead atoms. The van der Waals surface area contributed by atoms with Crippen molar-refractivity contribution < 1.29 is 4.74 Å². The van der Waals surface area contributed by atoms with Crippen LogP contribution < -0.4 is 5.69 Å². The number of aryl methyl sites for hydroxylation is 1. The highest BCUT2D eigenvalue weighted by atomic mass is 32.2. The summed E-state index contributed by atoms with van der Waals surface area (Å²) < 4.78 is 7.44. The van der Waals surface area contributed by atoms with Crippen molar-refractivity contribution in [2.24, 2.45) is 0 Å². The molecule has 1 aromatic heterocycles. The standard InChI is InChI=1S/C21H23N3O2S/c1-15-8-5-6-12-18(15)19(16-9-3-2-4-10-16)27-21-23-22-20(25)24(21)14-17-11-7-13-26-17/h2-6,8-10,12,17,19H,7,11,13-14H2,1H3,(H,22,25). The van der Waals surface area contributed by atoms with Gasteiger partial charge in [0.2, 0.25) is 0 Å². The monoisotopic (exact) mass is 381 g/mol. The van der Waals surface area contributed by atoms with Gasteiger partial charge < -0.3 is 4.74 Å². The first-order valence-electron chi connectivity index (χ1n) is 9.26. The number of thioether (sulfide) groups is 1. The normalized spacial score (nSPS) is 17.9. The van der Waals surface area contributed by atoms with Crippen LogP contribution in [0.15, 0.2) is 64.5 Å². The third-order valence-electron chi connectivity index (χ3n) is 4.93. The maximum atomic E-state index is 12.3. The van der Waals surface area contributed by atoms with E-state index in [0.717, 1.165) is 19.4 Å². The summed E-state index contributed by atoms with van der Waals surface area (Å²) in [6.07, 6.45) is 2.13. The topological polar surface area (TPSA) is 59.9 Å². The van der Waals surface area contributed by atoms with Crippen molar-refractivity contribution in [2.75, 3.05) is 6.61 Å². The highest BCUT2D eigenvalue weighted by molar-refractivity contribution is 7.99. The second-order valence-electron chi connectivity index (χ2n) is 6.82. The first-order chi connectivity index (χ1) is 13.2. The van der Waals surface area contributed by atoms with E-state index in [-0.39, 0.29) is 17.0 Å². The van der Waals surface area contributed by atoms with E-state index in [1.807, 2.05) is 24.3 Å². The number of aromatic amines is 1. The largest absolute Gasteiger partial charge is 0.376 e. The first-order valence-corrected chi connectivity index (χ1v) is 10.1. The van der Waals surface area contributed by atoms with Gasteiger partial charge in [-0.2, -0.15) is 0 Å². The Kier molecular flexibility index (Phi) is 5.45. The quantitative estimate of drug-likeness (QED) is 0.657.